The third kappa shape index (κ3) is 5.00. The number of carbonyl (C=O) groups excluding carboxylic acids is 1. The molecule has 0 amide bonds. The summed E-state index contributed by atoms with van der Waals surface area (Å²) < 4.78 is 14.4. The van der Waals surface area contributed by atoms with Crippen LogP contribution in [0.15, 0.2) is 12.1 Å². The van der Waals surface area contributed by atoms with Crippen molar-refractivity contribution in [2.24, 2.45) is 17.3 Å². The van der Waals surface area contributed by atoms with Crippen LogP contribution in [0, 0.1) is 17.3 Å². The van der Waals surface area contributed by atoms with Crippen molar-refractivity contribution in [3.63, 3.8) is 0 Å². The van der Waals surface area contributed by atoms with Crippen molar-refractivity contribution in [3.05, 3.63) is 21.9 Å². The van der Waals surface area contributed by atoms with Crippen molar-refractivity contribution >= 4 is 17.6 Å². The zero-order valence-electron chi connectivity index (χ0n) is 16.7. The normalized spacial score (nSPS) is 28.0. The van der Waals surface area contributed by atoms with Gasteiger partial charge in [-0.05, 0) is 93.6 Å². The second-order valence-electron chi connectivity index (χ2n) is 8.85. The molecule has 1 N–H and O–H groups in total. The summed E-state index contributed by atoms with van der Waals surface area (Å²) in [4.78, 5) is 12.8. The van der Waals surface area contributed by atoms with Gasteiger partial charge in [-0.1, -0.05) is 19.8 Å². The molecule has 2 nitrogen and oxygen atoms in total. The zero-order valence-corrected chi connectivity index (χ0v) is 17.5. The van der Waals surface area contributed by atoms with E-state index < -0.39 is 6.17 Å². The standard InChI is InChI=1S/C23H35FO2S/c1-2-23(14-5-15-23)22(26)9-4-8-20-17(10-13-21(20)24)6-3-7-18-11-12-19(16-25)27-18/h11-12,16-17,20-22,26H,2-10,13-15H2,1H3/t17-,20?,21?,22?/m0/s1. The number of alkyl halides is 1. The molecule has 4 heteroatoms. The highest BCUT2D eigenvalue weighted by Gasteiger charge is 2.41. The maximum Gasteiger partial charge on any atom is 0.160 e. The van der Waals surface area contributed by atoms with E-state index in [1.54, 1.807) is 11.3 Å². The maximum atomic E-state index is 14.4. The molecule has 3 unspecified atom stereocenters. The van der Waals surface area contributed by atoms with Gasteiger partial charge in [-0.15, -0.1) is 11.3 Å². The van der Waals surface area contributed by atoms with Crippen LogP contribution >= 0.6 is 11.3 Å². The molecule has 2 fully saturated rings. The number of carbonyl (C=O) groups is 1. The molecule has 0 saturated heterocycles. The Labute approximate surface area is 167 Å². The molecule has 0 bridgehead atoms. The summed E-state index contributed by atoms with van der Waals surface area (Å²) in [6, 6.07) is 3.93. The number of hydrogen-bond acceptors (Lipinski definition) is 3. The molecule has 0 aromatic carbocycles. The van der Waals surface area contributed by atoms with Crippen LogP contribution < -0.4 is 0 Å². The molecule has 1 aromatic heterocycles. The van der Waals surface area contributed by atoms with Gasteiger partial charge >= 0.3 is 0 Å². The van der Waals surface area contributed by atoms with Crippen LogP contribution in [-0.2, 0) is 6.42 Å². The summed E-state index contributed by atoms with van der Waals surface area (Å²) >= 11 is 1.58. The highest BCUT2D eigenvalue weighted by atomic mass is 32.1. The van der Waals surface area contributed by atoms with Crippen molar-refractivity contribution in [2.45, 2.75) is 96.2 Å². The Morgan fingerprint density at radius 3 is 2.74 bits per heavy atom. The minimum atomic E-state index is -0.653. The van der Waals surface area contributed by atoms with Crippen molar-refractivity contribution in [1.82, 2.24) is 0 Å². The van der Waals surface area contributed by atoms with E-state index in [2.05, 4.69) is 6.92 Å². The topological polar surface area (TPSA) is 37.3 Å². The first kappa shape index (κ1) is 21.0. The van der Waals surface area contributed by atoms with E-state index in [0.29, 0.717) is 12.3 Å². The van der Waals surface area contributed by atoms with Crippen LogP contribution in [0.3, 0.4) is 0 Å². The van der Waals surface area contributed by atoms with Gasteiger partial charge in [0.15, 0.2) is 6.29 Å². The number of hydrogen-bond donors (Lipinski definition) is 1. The molecule has 0 spiro atoms. The molecule has 3 rings (SSSR count). The van der Waals surface area contributed by atoms with Gasteiger partial charge in [-0.3, -0.25) is 4.79 Å². The second-order valence-corrected chi connectivity index (χ2v) is 10.0. The first-order valence-electron chi connectivity index (χ1n) is 10.9. The van der Waals surface area contributed by atoms with Crippen LogP contribution in [0.4, 0.5) is 4.39 Å². The summed E-state index contributed by atoms with van der Waals surface area (Å²) in [7, 11) is 0. The third-order valence-corrected chi connectivity index (χ3v) is 8.53. The number of aliphatic hydroxyl groups is 1. The van der Waals surface area contributed by atoms with Crippen molar-refractivity contribution < 1.29 is 14.3 Å². The average molecular weight is 395 g/mol. The van der Waals surface area contributed by atoms with Crippen molar-refractivity contribution in [1.29, 1.82) is 0 Å². The van der Waals surface area contributed by atoms with E-state index in [-0.39, 0.29) is 17.4 Å². The molecule has 0 radical (unpaired) electrons. The van der Waals surface area contributed by atoms with E-state index in [4.69, 9.17) is 0 Å². The van der Waals surface area contributed by atoms with Crippen LogP contribution in [0.2, 0.25) is 0 Å². The minimum absolute atomic E-state index is 0.172. The maximum absolute atomic E-state index is 14.4. The summed E-state index contributed by atoms with van der Waals surface area (Å²) in [5.74, 6) is 0.677. The fourth-order valence-corrected chi connectivity index (χ4v) is 6.28. The molecular formula is C23H35FO2S. The number of aryl methyl sites for hydroxylation is 1. The highest BCUT2D eigenvalue weighted by molar-refractivity contribution is 7.13. The SMILES string of the molecule is CCC1(C(O)CCCC2C(F)CC[C@@H]2CCCc2ccc(C=O)s2)CCC1. The predicted octanol–water partition coefficient (Wildman–Crippen LogP) is 6.36. The minimum Gasteiger partial charge on any atom is -0.393 e. The number of aliphatic hydroxyl groups excluding tert-OH is 1. The Kier molecular flexibility index (Phi) is 7.49. The average Bonchev–Trinajstić information content (AvgIpc) is 3.22. The van der Waals surface area contributed by atoms with Gasteiger partial charge in [-0.25, -0.2) is 4.39 Å². The number of thiophene rings is 1. The summed E-state index contributed by atoms with van der Waals surface area (Å²) in [5.41, 5.74) is 0.172. The van der Waals surface area contributed by atoms with Crippen LogP contribution in [-0.4, -0.2) is 23.7 Å². The molecule has 1 heterocycles. The first-order valence-corrected chi connectivity index (χ1v) is 11.8. The van der Waals surface area contributed by atoms with Gasteiger partial charge in [-0.2, -0.15) is 0 Å². The van der Waals surface area contributed by atoms with Crippen molar-refractivity contribution in [3.8, 4) is 0 Å². The van der Waals surface area contributed by atoms with E-state index in [1.807, 2.05) is 12.1 Å². The van der Waals surface area contributed by atoms with Gasteiger partial charge < -0.3 is 5.11 Å². The molecule has 0 aliphatic heterocycles. The van der Waals surface area contributed by atoms with E-state index in [0.717, 1.165) is 75.4 Å². The fraction of sp³-hybridized carbons (Fsp3) is 0.783. The molecule has 2 aliphatic rings. The Morgan fingerprint density at radius 1 is 1.30 bits per heavy atom. The van der Waals surface area contributed by atoms with Gasteiger partial charge in [0.05, 0.1) is 11.0 Å². The second kappa shape index (κ2) is 9.65. The van der Waals surface area contributed by atoms with Crippen LogP contribution in [0.25, 0.3) is 0 Å². The highest BCUT2D eigenvalue weighted by Crippen LogP contribution is 2.48. The molecule has 152 valence electrons. The third-order valence-electron chi connectivity index (χ3n) is 7.46. The first-order chi connectivity index (χ1) is 13.1. The smallest absolute Gasteiger partial charge is 0.160 e. The zero-order chi connectivity index (χ0) is 19.3. The lowest BCUT2D eigenvalue weighted by molar-refractivity contribution is -0.0440. The number of halogens is 1. The predicted molar refractivity (Wildman–Crippen MR) is 110 cm³/mol. The largest absolute Gasteiger partial charge is 0.393 e. The van der Waals surface area contributed by atoms with Gasteiger partial charge in [0.25, 0.3) is 0 Å². The molecular weight excluding hydrogens is 359 g/mol. The van der Waals surface area contributed by atoms with E-state index in [1.165, 1.54) is 11.3 Å². The lowest BCUT2D eigenvalue weighted by Gasteiger charge is -2.45. The van der Waals surface area contributed by atoms with Crippen LogP contribution in [0.1, 0.15) is 92.1 Å². The Bertz CT molecular complexity index is 589. The van der Waals surface area contributed by atoms with E-state index in [9.17, 15) is 14.3 Å². The quantitative estimate of drug-likeness (QED) is 0.443. The Hall–Kier alpha value is -0.740. The molecule has 27 heavy (non-hydrogen) atoms. The molecule has 4 atom stereocenters. The summed E-state index contributed by atoms with van der Waals surface area (Å²) in [6.45, 7) is 2.19. The number of rotatable bonds is 11. The Balaban J connectivity index is 1.40. The molecule has 2 saturated carbocycles. The van der Waals surface area contributed by atoms with Gasteiger partial charge in [0.1, 0.15) is 6.17 Å². The molecule has 2 aliphatic carbocycles. The van der Waals surface area contributed by atoms with E-state index >= 15 is 0 Å². The summed E-state index contributed by atoms with van der Waals surface area (Å²) in [5, 5.41) is 10.6. The molecule has 1 aromatic rings. The lowest BCUT2D eigenvalue weighted by Crippen LogP contribution is -2.40. The number of aldehydes is 1. The monoisotopic (exact) mass is 394 g/mol. The van der Waals surface area contributed by atoms with Crippen molar-refractivity contribution in [2.75, 3.05) is 0 Å². The fourth-order valence-electron chi connectivity index (χ4n) is 5.41. The Morgan fingerprint density at radius 2 is 2.11 bits per heavy atom. The van der Waals surface area contributed by atoms with Gasteiger partial charge in [0.2, 0.25) is 0 Å². The lowest BCUT2D eigenvalue weighted by atomic mass is 9.62. The van der Waals surface area contributed by atoms with Crippen LogP contribution in [0.5, 0.6) is 0 Å². The summed E-state index contributed by atoms with van der Waals surface area (Å²) in [6.07, 6.45) is 12.3. The van der Waals surface area contributed by atoms with Gasteiger partial charge in [0, 0.05) is 4.88 Å².